The minimum absolute atomic E-state index is 0.0525. The first-order valence-electron chi connectivity index (χ1n) is 7.77. The normalized spacial score (nSPS) is 22.2. The van der Waals surface area contributed by atoms with Crippen molar-refractivity contribution >= 4 is 33.0 Å². The first-order valence-corrected chi connectivity index (χ1v) is 9.81. The second kappa shape index (κ2) is 8.01. The van der Waals surface area contributed by atoms with E-state index in [1.54, 1.807) is 12.3 Å². The van der Waals surface area contributed by atoms with E-state index in [4.69, 9.17) is 9.47 Å². The first-order chi connectivity index (χ1) is 12.8. The van der Waals surface area contributed by atoms with Gasteiger partial charge in [-0.1, -0.05) is 17.1 Å². The van der Waals surface area contributed by atoms with Gasteiger partial charge in [-0.25, -0.2) is 4.39 Å². The predicted molar refractivity (Wildman–Crippen MR) is 95.4 cm³/mol. The quantitative estimate of drug-likeness (QED) is 0.541. The van der Waals surface area contributed by atoms with Crippen molar-refractivity contribution in [1.82, 2.24) is 4.98 Å². The number of pyridine rings is 1. The van der Waals surface area contributed by atoms with Gasteiger partial charge in [0.2, 0.25) is 0 Å². The highest BCUT2D eigenvalue weighted by atomic mass is 79.9. The van der Waals surface area contributed by atoms with E-state index < -0.39 is 41.2 Å². The van der Waals surface area contributed by atoms with E-state index in [-0.39, 0.29) is 22.4 Å². The SMILES string of the molecule is CC(=O)O[C@H]1c2c(CS(=O)[O-])ccc(Oc3cncc(Br)c3)c2[C@H](O)[C@H]1F. The zero-order valence-corrected chi connectivity index (χ0v) is 16.3. The molecule has 2 aromatic rings. The molecular formula is C17H14BrFNO6S-. The Labute approximate surface area is 164 Å². The molecule has 0 aliphatic heterocycles. The molecule has 7 nitrogen and oxygen atoms in total. The highest BCUT2D eigenvalue weighted by Gasteiger charge is 2.46. The van der Waals surface area contributed by atoms with Gasteiger partial charge in [0.15, 0.2) is 12.3 Å². The molecular weight excluding hydrogens is 445 g/mol. The molecule has 1 aromatic carbocycles. The molecule has 1 unspecified atom stereocenters. The van der Waals surface area contributed by atoms with Gasteiger partial charge in [0.1, 0.15) is 17.6 Å². The molecule has 27 heavy (non-hydrogen) atoms. The molecule has 144 valence electrons. The van der Waals surface area contributed by atoms with Gasteiger partial charge in [-0.3, -0.25) is 14.0 Å². The number of esters is 1. The molecule has 1 heterocycles. The smallest absolute Gasteiger partial charge is 0.303 e. The van der Waals surface area contributed by atoms with Crippen LogP contribution in [0.25, 0.3) is 0 Å². The first kappa shape index (κ1) is 19.9. The number of benzene rings is 1. The van der Waals surface area contributed by atoms with Crippen LogP contribution in [0.1, 0.15) is 35.8 Å². The van der Waals surface area contributed by atoms with Crippen molar-refractivity contribution in [2.75, 3.05) is 0 Å². The summed E-state index contributed by atoms with van der Waals surface area (Å²) in [5, 5.41) is 10.4. The van der Waals surface area contributed by atoms with E-state index in [1.165, 1.54) is 18.3 Å². The number of carbonyl (C=O) groups excluding carboxylic acids is 1. The lowest BCUT2D eigenvalue weighted by atomic mass is 10.0. The maximum Gasteiger partial charge on any atom is 0.303 e. The molecule has 0 spiro atoms. The molecule has 3 rings (SSSR count). The van der Waals surface area contributed by atoms with Gasteiger partial charge in [0.05, 0.1) is 6.20 Å². The Hall–Kier alpha value is -1.88. The molecule has 0 saturated carbocycles. The summed E-state index contributed by atoms with van der Waals surface area (Å²) in [7, 11) is 0. The molecule has 4 atom stereocenters. The van der Waals surface area contributed by atoms with E-state index in [9.17, 15) is 23.1 Å². The van der Waals surface area contributed by atoms with Crippen molar-refractivity contribution in [3.8, 4) is 11.5 Å². The Morgan fingerprint density at radius 2 is 2.15 bits per heavy atom. The highest BCUT2D eigenvalue weighted by Crippen LogP contribution is 2.49. The molecule has 1 aliphatic carbocycles. The fraction of sp³-hybridized carbons (Fsp3) is 0.294. The van der Waals surface area contributed by atoms with Crippen molar-refractivity contribution < 1.29 is 32.5 Å². The molecule has 0 radical (unpaired) electrons. The van der Waals surface area contributed by atoms with Gasteiger partial charge in [-0.05, 0) is 33.6 Å². The molecule has 1 aromatic heterocycles. The molecule has 0 amide bonds. The number of aromatic nitrogens is 1. The van der Waals surface area contributed by atoms with Gasteiger partial charge < -0.3 is 19.1 Å². The van der Waals surface area contributed by atoms with Crippen LogP contribution in [0.5, 0.6) is 11.5 Å². The van der Waals surface area contributed by atoms with Crippen LogP contribution in [0.15, 0.2) is 35.1 Å². The lowest BCUT2D eigenvalue weighted by Crippen LogP contribution is -2.18. The van der Waals surface area contributed by atoms with Gasteiger partial charge in [-0.15, -0.1) is 0 Å². The molecule has 1 aliphatic rings. The number of fused-ring (bicyclic) bond motifs is 1. The van der Waals surface area contributed by atoms with Crippen LogP contribution < -0.4 is 4.74 Å². The molecule has 1 N–H and O–H groups in total. The largest absolute Gasteiger partial charge is 0.772 e. The number of halogens is 2. The lowest BCUT2D eigenvalue weighted by Gasteiger charge is -2.19. The van der Waals surface area contributed by atoms with Crippen LogP contribution in [-0.4, -0.2) is 31.0 Å². The van der Waals surface area contributed by atoms with Crippen molar-refractivity contribution in [3.05, 3.63) is 51.8 Å². The maximum absolute atomic E-state index is 14.7. The average Bonchev–Trinajstić information content (AvgIpc) is 2.82. The molecule has 0 fully saturated rings. The number of aliphatic hydroxyl groups excluding tert-OH is 1. The highest BCUT2D eigenvalue weighted by molar-refractivity contribution is 9.10. The second-order valence-corrected chi connectivity index (χ2v) is 7.67. The molecule has 0 saturated heterocycles. The van der Waals surface area contributed by atoms with Crippen LogP contribution in [0, 0.1) is 0 Å². The Balaban J connectivity index is 2.11. The number of alkyl halides is 1. The number of hydrogen-bond donors (Lipinski definition) is 1. The summed E-state index contributed by atoms with van der Waals surface area (Å²) in [4.78, 5) is 15.3. The van der Waals surface area contributed by atoms with E-state index in [1.807, 2.05) is 0 Å². The summed E-state index contributed by atoms with van der Waals surface area (Å²) in [6.07, 6.45) is -2.04. The third-order valence-electron chi connectivity index (χ3n) is 3.98. The predicted octanol–water partition coefficient (Wildman–Crippen LogP) is 3.00. The minimum Gasteiger partial charge on any atom is -0.772 e. The summed E-state index contributed by atoms with van der Waals surface area (Å²) in [6, 6.07) is 4.50. The van der Waals surface area contributed by atoms with E-state index in [2.05, 4.69) is 20.9 Å². The molecule has 10 heteroatoms. The molecule has 0 bridgehead atoms. The van der Waals surface area contributed by atoms with Crippen molar-refractivity contribution in [2.24, 2.45) is 0 Å². The number of ether oxygens (including phenoxy) is 2. The summed E-state index contributed by atoms with van der Waals surface area (Å²) >= 11 is 0.799. The Morgan fingerprint density at radius 3 is 2.78 bits per heavy atom. The summed E-state index contributed by atoms with van der Waals surface area (Å²) in [5.41, 5.74) is 0.384. The Bertz CT molecular complexity index is 911. The summed E-state index contributed by atoms with van der Waals surface area (Å²) < 4.78 is 48.4. The van der Waals surface area contributed by atoms with E-state index in [0.29, 0.717) is 10.2 Å². The average molecular weight is 459 g/mol. The Kier molecular flexibility index (Phi) is 5.89. The zero-order chi connectivity index (χ0) is 19.7. The van der Waals surface area contributed by atoms with Crippen molar-refractivity contribution in [3.63, 3.8) is 0 Å². The zero-order valence-electron chi connectivity index (χ0n) is 13.9. The number of aliphatic hydroxyl groups is 1. The standard InChI is InChI=1S/C17H15BrFNO6S/c1-8(21)25-17-13-9(7-27(23)24)2-3-12(14(13)16(22)15(17)19)26-11-4-10(18)5-20-6-11/h2-6,15-17,22H,7H2,1H3,(H,23,24)/p-1/t15-,16+,17+/m1/s1. The maximum atomic E-state index is 14.7. The van der Waals surface area contributed by atoms with Crippen LogP contribution in [0.3, 0.4) is 0 Å². The van der Waals surface area contributed by atoms with Crippen LogP contribution in [-0.2, 0) is 26.4 Å². The van der Waals surface area contributed by atoms with Crippen molar-refractivity contribution in [1.29, 1.82) is 0 Å². The Morgan fingerprint density at radius 1 is 1.41 bits per heavy atom. The monoisotopic (exact) mass is 458 g/mol. The number of nitrogens with zero attached hydrogens (tertiary/aromatic N) is 1. The minimum atomic E-state index is -2.46. The summed E-state index contributed by atoms with van der Waals surface area (Å²) in [6.45, 7) is 1.11. The van der Waals surface area contributed by atoms with Crippen LogP contribution in [0.2, 0.25) is 0 Å². The topological polar surface area (TPSA) is 109 Å². The fourth-order valence-corrected chi connectivity index (χ4v) is 3.86. The van der Waals surface area contributed by atoms with Gasteiger partial charge in [0, 0.05) is 34.5 Å². The van der Waals surface area contributed by atoms with Gasteiger partial charge >= 0.3 is 5.97 Å². The number of carbonyl (C=O) groups is 1. The fourth-order valence-electron chi connectivity index (χ4n) is 3.01. The number of hydrogen-bond acceptors (Lipinski definition) is 7. The van der Waals surface area contributed by atoms with Gasteiger partial charge in [-0.2, -0.15) is 0 Å². The van der Waals surface area contributed by atoms with E-state index in [0.717, 1.165) is 6.92 Å². The third-order valence-corrected chi connectivity index (χ3v) is 4.96. The van der Waals surface area contributed by atoms with Crippen LogP contribution in [0.4, 0.5) is 4.39 Å². The lowest BCUT2D eigenvalue weighted by molar-refractivity contribution is -0.151. The third kappa shape index (κ3) is 4.18. The summed E-state index contributed by atoms with van der Waals surface area (Å²) in [5.74, 6) is -0.724. The van der Waals surface area contributed by atoms with E-state index >= 15 is 0 Å². The number of rotatable bonds is 5. The van der Waals surface area contributed by atoms with Crippen LogP contribution >= 0.6 is 15.9 Å². The van der Waals surface area contributed by atoms with Crippen molar-refractivity contribution in [2.45, 2.75) is 31.1 Å². The van der Waals surface area contributed by atoms with Gasteiger partial charge in [0.25, 0.3) is 0 Å². The second-order valence-electron chi connectivity index (χ2n) is 5.86.